The Morgan fingerprint density at radius 2 is 1.04 bits per heavy atom. The zero-order valence-electron chi connectivity index (χ0n) is 26.3. The first-order valence-electron chi connectivity index (χ1n) is 16.1. The fraction of sp³-hybridized carbons (Fsp3) is 0.0682. The highest BCUT2D eigenvalue weighted by Crippen LogP contribution is 2.53. The average Bonchev–Trinajstić information content (AvgIpc) is 3.38. The maximum Gasteiger partial charge on any atom is 0.160 e. The number of rotatable bonds is 4. The van der Waals surface area contributed by atoms with E-state index in [-0.39, 0.29) is 5.41 Å². The molecule has 0 bridgehead atoms. The molecule has 0 N–H and O–H groups in total. The van der Waals surface area contributed by atoms with Crippen molar-refractivity contribution in [2.45, 2.75) is 19.3 Å². The van der Waals surface area contributed by atoms with Crippen molar-refractivity contribution in [3.63, 3.8) is 0 Å². The van der Waals surface area contributed by atoms with Crippen LogP contribution in [0.25, 0.3) is 78.0 Å². The summed E-state index contributed by atoms with van der Waals surface area (Å²) >= 11 is 0. The van der Waals surface area contributed by atoms with Gasteiger partial charge in [0.1, 0.15) is 0 Å². The van der Waals surface area contributed by atoms with Crippen LogP contribution in [0, 0.1) is 0 Å². The van der Waals surface area contributed by atoms with Gasteiger partial charge in [-0.05, 0) is 39.8 Å². The molecular weight excluding hydrogens is 571 g/mol. The second-order valence-electron chi connectivity index (χ2n) is 12.8. The van der Waals surface area contributed by atoms with Gasteiger partial charge >= 0.3 is 0 Å². The average molecular weight is 602 g/mol. The van der Waals surface area contributed by atoms with Crippen LogP contribution in [0.15, 0.2) is 152 Å². The van der Waals surface area contributed by atoms with Crippen molar-refractivity contribution in [3.05, 3.63) is 163 Å². The SMILES string of the molecule is CC1(C)c2ccccc2-c2ccc3c(c(-c4ccc(-c5nc(-c6ccccc6)cc(-c6ccccc6)n5)cc4)nc4ccccc43)c21. The number of pyridine rings is 1. The normalized spacial score (nSPS) is 13.1. The first-order chi connectivity index (χ1) is 23.1. The molecule has 0 radical (unpaired) electrons. The van der Waals surface area contributed by atoms with Crippen LogP contribution in [0.3, 0.4) is 0 Å². The van der Waals surface area contributed by atoms with Crippen molar-refractivity contribution in [1.29, 1.82) is 0 Å². The highest BCUT2D eigenvalue weighted by Gasteiger charge is 2.37. The molecule has 0 aliphatic heterocycles. The first kappa shape index (κ1) is 27.4. The molecular formula is C44H31N3. The first-order valence-corrected chi connectivity index (χ1v) is 16.1. The van der Waals surface area contributed by atoms with E-state index >= 15 is 0 Å². The van der Waals surface area contributed by atoms with E-state index in [9.17, 15) is 0 Å². The van der Waals surface area contributed by atoms with Gasteiger partial charge in [0.25, 0.3) is 0 Å². The molecule has 1 aliphatic rings. The van der Waals surface area contributed by atoms with Crippen molar-refractivity contribution in [2.24, 2.45) is 0 Å². The molecule has 0 spiro atoms. The van der Waals surface area contributed by atoms with Crippen molar-refractivity contribution in [2.75, 3.05) is 0 Å². The number of fused-ring (bicyclic) bond motifs is 7. The minimum absolute atomic E-state index is 0.163. The second kappa shape index (κ2) is 10.6. The maximum absolute atomic E-state index is 5.36. The van der Waals surface area contributed by atoms with Gasteiger partial charge in [0, 0.05) is 38.4 Å². The summed E-state index contributed by atoms with van der Waals surface area (Å²) in [4.78, 5) is 15.5. The topological polar surface area (TPSA) is 38.7 Å². The molecule has 3 heteroatoms. The smallest absolute Gasteiger partial charge is 0.160 e. The highest BCUT2D eigenvalue weighted by molar-refractivity contribution is 6.15. The van der Waals surface area contributed by atoms with Gasteiger partial charge in [-0.1, -0.05) is 153 Å². The number of benzene rings is 6. The van der Waals surface area contributed by atoms with Gasteiger partial charge in [-0.3, -0.25) is 0 Å². The summed E-state index contributed by atoms with van der Waals surface area (Å²) < 4.78 is 0. The molecule has 1 aliphatic carbocycles. The van der Waals surface area contributed by atoms with E-state index in [4.69, 9.17) is 15.0 Å². The molecule has 0 atom stereocenters. The van der Waals surface area contributed by atoms with Crippen molar-refractivity contribution in [3.8, 4) is 56.3 Å². The Bertz CT molecular complexity index is 2410. The summed E-state index contributed by atoms with van der Waals surface area (Å²) in [6, 6.07) is 53.3. The molecule has 3 nitrogen and oxygen atoms in total. The summed E-state index contributed by atoms with van der Waals surface area (Å²) in [5.41, 5.74) is 13.1. The third-order valence-electron chi connectivity index (χ3n) is 9.67. The minimum atomic E-state index is -0.163. The van der Waals surface area contributed by atoms with E-state index in [0.717, 1.165) is 44.9 Å². The van der Waals surface area contributed by atoms with Crippen LogP contribution in [0.1, 0.15) is 25.0 Å². The van der Waals surface area contributed by atoms with Crippen LogP contribution < -0.4 is 0 Å². The Morgan fingerprint density at radius 1 is 0.447 bits per heavy atom. The number of hydrogen-bond donors (Lipinski definition) is 0. The van der Waals surface area contributed by atoms with Gasteiger partial charge in [-0.15, -0.1) is 0 Å². The van der Waals surface area contributed by atoms with Crippen LogP contribution in [-0.4, -0.2) is 15.0 Å². The summed E-state index contributed by atoms with van der Waals surface area (Å²) in [6.07, 6.45) is 0. The summed E-state index contributed by atoms with van der Waals surface area (Å²) in [5.74, 6) is 0.700. The van der Waals surface area contributed by atoms with E-state index in [1.54, 1.807) is 0 Å². The molecule has 47 heavy (non-hydrogen) atoms. The molecule has 222 valence electrons. The Labute approximate surface area is 274 Å². The van der Waals surface area contributed by atoms with Gasteiger partial charge in [-0.2, -0.15) is 0 Å². The Morgan fingerprint density at radius 3 is 1.74 bits per heavy atom. The van der Waals surface area contributed by atoms with Crippen molar-refractivity contribution >= 4 is 21.7 Å². The number of aromatic nitrogens is 3. The Kier molecular flexibility index (Phi) is 6.16. The molecule has 0 saturated carbocycles. The molecule has 0 amide bonds. The van der Waals surface area contributed by atoms with Crippen molar-refractivity contribution < 1.29 is 0 Å². The van der Waals surface area contributed by atoms with Crippen molar-refractivity contribution in [1.82, 2.24) is 15.0 Å². The zero-order valence-corrected chi connectivity index (χ0v) is 26.3. The van der Waals surface area contributed by atoms with Gasteiger partial charge in [0.05, 0.1) is 22.6 Å². The highest BCUT2D eigenvalue weighted by atomic mass is 14.9. The molecule has 2 aromatic heterocycles. The lowest BCUT2D eigenvalue weighted by Gasteiger charge is -2.24. The lowest BCUT2D eigenvalue weighted by Crippen LogP contribution is -2.16. The van der Waals surface area contributed by atoms with Gasteiger partial charge < -0.3 is 0 Å². The summed E-state index contributed by atoms with van der Waals surface area (Å²) in [6.45, 7) is 4.70. The van der Waals surface area contributed by atoms with Gasteiger partial charge in [0.15, 0.2) is 5.82 Å². The monoisotopic (exact) mass is 601 g/mol. The van der Waals surface area contributed by atoms with E-state index < -0.39 is 0 Å². The predicted molar refractivity (Wildman–Crippen MR) is 194 cm³/mol. The van der Waals surface area contributed by atoms with Gasteiger partial charge in [-0.25, -0.2) is 15.0 Å². The molecule has 6 aromatic carbocycles. The zero-order chi connectivity index (χ0) is 31.5. The largest absolute Gasteiger partial charge is 0.247 e. The fourth-order valence-electron chi connectivity index (χ4n) is 7.40. The summed E-state index contributed by atoms with van der Waals surface area (Å²) in [5, 5.41) is 3.64. The van der Waals surface area contributed by atoms with Crippen LogP contribution >= 0.6 is 0 Å². The standard InChI is InChI=1S/C44H31N3/c1-44(2)36-19-11-9-17-32(36)35-26-25-34-33-18-10-12-20-37(33)45-42(40(34)41(35)44)30-21-23-31(24-22-30)43-46-38(28-13-5-3-6-14-28)27-39(47-43)29-15-7-4-8-16-29/h3-27H,1-2H3. The third kappa shape index (κ3) is 4.39. The molecule has 0 saturated heterocycles. The maximum atomic E-state index is 5.36. The van der Waals surface area contributed by atoms with Crippen LogP contribution in [0.2, 0.25) is 0 Å². The molecule has 2 heterocycles. The quantitative estimate of drug-likeness (QED) is 0.188. The lowest BCUT2D eigenvalue weighted by atomic mass is 9.79. The fourth-order valence-corrected chi connectivity index (χ4v) is 7.40. The van der Waals surface area contributed by atoms with E-state index in [1.165, 1.54) is 38.4 Å². The number of hydrogen-bond acceptors (Lipinski definition) is 3. The summed E-state index contributed by atoms with van der Waals surface area (Å²) in [7, 11) is 0. The predicted octanol–water partition coefficient (Wildman–Crippen LogP) is 11.2. The van der Waals surface area contributed by atoms with Gasteiger partial charge in [0.2, 0.25) is 0 Å². The third-order valence-corrected chi connectivity index (χ3v) is 9.67. The van der Waals surface area contributed by atoms with E-state index in [0.29, 0.717) is 5.82 Å². The Hall–Kier alpha value is -5.93. The Balaban J connectivity index is 1.24. The van der Waals surface area contributed by atoms with Crippen LogP contribution in [0.5, 0.6) is 0 Å². The van der Waals surface area contributed by atoms with E-state index in [1.807, 2.05) is 36.4 Å². The second-order valence-corrected chi connectivity index (χ2v) is 12.8. The van der Waals surface area contributed by atoms with E-state index in [2.05, 4.69) is 129 Å². The van der Waals surface area contributed by atoms with Crippen LogP contribution in [0.4, 0.5) is 0 Å². The molecule has 0 fully saturated rings. The molecule has 8 aromatic rings. The number of para-hydroxylation sites is 1. The molecule has 0 unspecified atom stereocenters. The number of nitrogens with zero attached hydrogens (tertiary/aromatic N) is 3. The van der Waals surface area contributed by atoms with Crippen LogP contribution in [-0.2, 0) is 5.41 Å². The molecule has 9 rings (SSSR count). The minimum Gasteiger partial charge on any atom is -0.247 e. The lowest BCUT2D eigenvalue weighted by molar-refractivity contribution is 0.666.